The zero-order valence-electron chi connectivity index (χ0n) is 13.8. The van der Waals surface area contributed by atoms with Crippen LogP contribution in [-0.4, -0.2) is 58.9 Å². The van der Waals surface area contributed by atoms with Crippen LogP contribution in [0.4, 0.5) is 0 Å². The van der Waals surface area contributed by atoms with Crippen LogP contribution in [0.15, 0.2) is 0 Å². The molecule has 0 radical (unpaired) electrons. The van der Waals surface area contributed by atoms with Gasteiger partial charge < -0.3 is 5.32 Å². The van der Waals surface area contributed by atoms with Gasteiger partial charge >= 0.3 is 0 Å². The number of hydrogen-bond acceptors (Lipinski definition) is 4. The lowest BCUT2D eigenvalue weighted by atomic mass is 9.97. The molecule has 2 heterocycles. The first-order chi connectivity index (χ1) is 9.82. The lowest BCUT2D eigenvalue weighted by Gasteiger charge is -2.41. The second-order valence-electron chi connectivity index (χ2n) is 7.24. The SMILES string of the molecule is CCCN1C(=O)CC(NC2CCN(C(C)(C)C)CC2)C1=O. The average molecular weight is 295 g/mol. The van der Waals surface area contributed by atoms with Crippen LogP contribution in [-0.2, 0) is 9.59 Å². The van der Waals surface area contributed by atoms with Crippen molar-refractivity contribution in [1.82, 2.24) is 15.1 Å². The second-order valence-corrected chi connectivity index (χ2v) is 7.24. The first-order valence-corrected chi connectivity index (χ1v) is 8.18. The summed E-state index contributed by atoms with van der Waals surface area (Å²) in [5, 5.41) is 3.42. The second kappa shape index (κ2) is 6.44. The van der Waals surface area contributed by atoms with Gasteiger partial charge in [-0.1, -0.05) is 6.92 Å². The molecule has 5 heteroatoms. The molecule has 2 aliphatic heterocycles. The molecule has 2 saturated heterocycles. The number of piperidine rings is 1. The van der Waals surface area contributed by atoms with Crippen LogP contribution in [0.5, 0.6) is 0 Å². The fourth-order valence-corrected chi connectivity index (χ4v) is 3.27. The van der Waals surface area contributed by atoms with Crippen molar-refractivity contribution in [2.75, 3.05) is 19.6 Å². The van der Waals surface area contributed by atoms with Crippen LogP contribution >= 0.6 is 0 Å². The number of hydrogen-bond donors (Lipinski definition) is 1. The molecule has 120 valence electrons. The topological polar surface area (TPSA) is 52.7 Å². The zero-order chi connectivity index (χ0) is 15.6. The summed E-state index contributed by atoms with van der Waals surface area (Å²) in [6.07, 6.45) is 3.25. The molecule has 0 spiro atoms. The van der Waals surface area contributed by atoms with Crippen LogP contribution in [0.25, 0.3) is 0 Å². The van der Waals surface area contributed by atoms with Crippen molar-refractivity contribution in [3.63, 3.8) is 0 Å². The lowest BCUT2D eigenvalue weighted by molar-refractivity contribution is -0.138. The van der Waals surface area contributed by atoms with E-state index in [1.807, 2.05) is 6.92 Å². The highest BCUT2D eigenvalue weighted by molar-refractivity contribution is 6.05. The van der Waals surface area contributed by atoms with Gasteiger partial charge in [-0.05, 0) is 40.0 Å². The monoisotopic (exact) mass is 295 g/mol. The molecule has 2 fully saturated rings. The third kappa shape index (κ3) is 3.83. The number of nitrogens with one attached hydrogen (secondary N) is 1. The summed E-state index contributed by atoms with van der Waals surface area (Å²) in [6, 6.07) is 0.0576. The summed E-state index contributed by atoms with van der Waals surface area (Å²) < 4.78 is 0. The molecule has 0 saturated carbocycles. The Hall–Kier alpha value is -0.940. The van der Waals surface area contributed by atoms with Gasteiger partial charge in [0.25, 0.3) is 0 Å². The normalized spacial score (nSPS) is 25.9. The first kappa shape index (κ1) is 16.4. The van der Waals surface area contributed by atoms with Crippen LogP contribution in [0.3, 0.4) is 0 Å². The van der Waals surface area contributed by atoms with Crippen molar-refractivity contribution in [1.29, 1.82) is 0 Å². The Balaban J connectivity index is 1.84. The smallest absolute Gasteiger partial charge is 0.246 e. The third-order valence-corrected chi connectivity index (χ3v) is 4.57. The molecule has 2 rings (SSSR count). The van der Waals surface area contributed by atoms with E-state index in [4.69, 9.17) is 0 Å². The molecule has 0 aliphatic carbocycles. The Morgan fingerprint density at radius 2 is 1.81 bits per heavy atom. The molecule has 0 bridgehead atoms. The van der Waals surface area contributed by atoms with E-state index >= 15 is 0 Å². The Kier molecular flexibility index (Phi) is 5.04. The van der Waals surface area contributed by atoms with Gasteiger partial charge in [0.1, 0.15) is 0 Å². The molecule has 21 heavy (non-hydrogen) atoms. The van der Waals surface area contributed by atoms with Crippen LogP contribution < -0.4 is 5.32 Å². The summed E-state index contributed by atoms with van der Waals surface area (Å²) in [5.41, 5.74) is 0.210. The van der Waals surface area contributed by atoms with E-state index in [2.05, 4.69) is 31.0 Å². The maximum absolute atomic E-state index is 12.2. The number of carbonyl (C=O) groups is 2. The van der Waals surface area contributed by atoms with E-state index in [-0.39, 0.29) is 23.4 Å². The predicted octanol–water partition coefficient (Wildman–Crippen LogP) is 1.38. The van der Waals surface area contributed by atoms with Crippen molar-refractivity contribution in [2.24, 2.45) is 0 Å². The van der Waals surface area contributed by atoms with Gasteiger partial charge in [-0.3, -0.25) is 19.4 Å². The van der Waals surface area contributed by atoms with Crippen LogP contribution in [0.2, 0.25) is 0 Å². The maximum Gasteiger partial charge on any atom is 0.246 e. The molecule has 1 N–H and O–H groups in total. The van der Waals surface area contributed by atoms with E-state index in [9.17, 15) is 9.59 Å². The summed E-state index contributed by atoms with van der Waals surface area (Å²) in [6.45, 7) is 11.4. The number of amides is 2. The van der Waals surface area contributed by atoms with Crippen LogP contribution in [0.1, 0.15) is 53.4 Å². The van der Waals surface area contributed by atoms with Gasteiger partial charge in [-0.2, -0.15) is 0 Å². The molecule has 0 aromatic rings. The fraction of sp³-hybridized carbons (Fsp3) is 0.875. The van der Waals surface area contributed by atoms with E-state index in [1.165, 1.54) is 4.90 Å². The number of imide groups is 1. The van der Waals surface area contributed by atoms with E-state index in [0.717, 1.165) is 32.4 Å². The van der Waals surface area contributed by atoms with Gasteiger partial charge in [0, 0.05) is 31.2 Å². The highest BCUT2D eigenvalue weighted by Crippen LogP contribution is 2.22. The standard InChI is InChI=1S/C16H29N3O2/c1-5-8-19-14(20)11-13(15(19)21)17-12-6-9-18(10-7-12)16(2,3)4/h12-13,17H,5-11H2,1-4H3. The quantitative estimate of drug-likeness (QED) is 0.796. The van der Waals surface area contributed by atoms with Gasteiger partial charge in [0.15, 0.2) is 0 Å². The molecular weight excluding hydrogens is 266 g/mol. The molecule has 2 aliphatic rings. The minimum Gasteiger partial charge on any atom is -0.303 e. The zero-order valence-corrected chi connectivity index (χ0v) is 13.8. The highest BCUT2D eigenvalue weighted by Gasteiger charge is 2.39. The van der Waals surface area contributed by atoms with Crippen molar-refractivity contribution in [3.8, 4) is 0 Å². The lowest BCUT2D eigenvalue weighted by Crippen LogP contribution is -2.52. The number of rotatable bonds is 4. The predicted molar refractivity (Wildman–Crippen MR) is 82.9 cm³/mol. The van der Waals surface area contributed by atoms with Gasteiger partial charge in [0.2, 0.25) is 11.8 Å². The molecule has 5 nitrogen and oxygen atoms in total. The van der Waals surface area contributed by atoms with E-state index < -0.39 is 0 Å². The Bertz CT molecular complexity index is 395. The molecule has 2 amide bonds. The largest absolute Gasteiger partial charge is 0.303 e. The summed E-state index contributed by atoms with van der Waals surface area (Å²) in [4.78, 5) is 28.0. The third-order valence-electron chi connectivity index (χ3n) is 4.57. The number of nitrogens with zero attached hydrogens (tertiary/aromatic N) is 2. The van der Waals surface area contributed by atoms with Crippen molar-refractivity contribution >= 4 is 11.8 Å². The maximum atomic E-state index is 12.2. The minimum absolute atomic E-state index is 0.0218. The Morgan fingerprint density at radius 1 is 1.19 bits per heavy atom. The Labute approximate surface area is 128 Å². The number of carbonyl (C=O) groups excluding carboxylic acids is 2. The van der Waals surface area contributed by atoms with E-state index in [0.29, 0.717) is 19.0 Å². The van der Waals surface area contributed by atoms with Crippen molar-refractivity contribution in [3.05, 3.63) is 0 Å². The van der Waals surface area contributed by atoms with Crippen molar-refractivity contribution < 1.29 is 9.59 Å². The summed E-state index contributed by atoms with van der Waals surface area (Å²) in [5.74, 6) is -0.0495. The highest BCUT2D eigenvalue weighted by atomic mass is 16.2. The number of likely N-dealkylation sites (tertiary alicyclic amines) is 2. The van der Waals surface area contributed by atoms with E-state index in [1.54, 1.807) is 0 Å². The van der Waals surface area contributed by atoms with Crippen molar-refractivity contribution in [2.45, 2.75) is 71.0 Å². The molecular formula is C16H29N3O2. The van der Waals surface area contributed by atoms with Gasteiger partial charge in [-0.15, -0.1) is 0 Å². The summed E-state index contributed by atoms with van der Waals surface area (Å²) >= 11 is 0. The average Bonchev–Trinajstić information content (AvgIpc) is 2.66. The van der Waals surface area contributed by atoms with Crippen LogP contribution in [0, 0.1) is 0 Å². The Morgan fingerprint density at radius 3 is 2.33 bits per heavy atom. The first-order valence-electron chi connectivity index (χ1n) is 8.18. The molecule has 0 aromatic heterocycles. The minimum atomic E-state index is -0.296. The molecule has 1 unspecified atom stereocenters. The molecule has 1 atom stereocenters. The summed E-state index contributed by atoms with van der Waals surface area (Å²) in [7, 11) is 0. The molecule has 0 aromatic carbocycles. The fourth-order valence-electron chi connectivity index (χ4n) is 3.27. The van der Waals surface area contributed by atoms with Gasteiger partial charge in [0.05, 0.1) is 12.5 Å². The van der Waals surface area contributed by atoms with Gasteiger partial charge in [-0.25, -0.2) is 0 Å².